The zero-order valence-corrected chi connectivity index (χ0v) is 15.5. The summed E-state index contributed by atoms with van der Waals surface area (Å²) in [6.07, 6.45) is 3.37. The molecule has 0 aliphatic carbocycles. The summed E-state index contributed by atoms with van der Waals surface area (Å²) in [5.74, 6) is -1.41. The third kappa shape index (κ3) is 4.06. The third-order valence-electron chi connectivity index (χ3n) is 3.51. The fraction of sp³-hybridized carbons (Fsp3) is 0.333. The van der Waals surface area contributed by atoms with E-state index in [4.69, 9.17) is 9.47 Å². The predicted molar refractivity (Wildman–Crippen MR) is 94.1 cm³/mol. The third-order valence-corrected chi connectivity index (χ3v) is 4.00. The van der Waals surface area contributed by atoms with E-state index >= 15 is 0 Å². The zero-order valence-electron chi connectivity index (χ0n) is 13.9. The number of rotatable bonds is 5. The zero-order chi connectivity index (χ0) is 17.7. The van der Waals surface area contributed by atoms with Crippen LogP contribution in [-0.2, 0) is 19.1 Å². The standard InChI is InChI=1S/C18H20BrNO4/c1-4-23-17(21)14-10-20(3)11-15(18(22)24-5-2)16(14)12-7-6-8-13(19)9-12/h6-11,16H,4-5H2,1-3H3. The van der Waals surface area contributed by atoms with E-state index < -0.39 is 17.9 Å². The van der Waals surface area contributed by atoms with Crippen molar-refractivity contribution in [1.82, 2.24) is 4.90 Å². The number of benzene rings is 1. The smallest absolute Gasteiger partial charge is 0.336 e. The van der Waals surface area contributed by atoms with Crippen LogP contribution in [0.3, 0.4) is 0 Å². The second kappa shape index (κ2) is 8.15. The van der Waals surface area contributed by atoms with Gasteiger partial charge in [-0.3, -0.25) is 0 Å². The highest BCUT2D eigenvalue weighted by Gasteiger charge is 2.35. The van der Waals surface area contributed by atoms with Crippen LogP contribution in [0.2, 0.25) is 0 Å². The van der Waals surface area contributed by atoms with Crippen LogP contribution >= 0.6 is 15.9 Å². The van der Waals surface area contributed by atoms with E-state index in [-0.39, 0.29) is 13.2 Å². The fourth-order valence-electron chi connectivity index (χ4n) is 2.61. The van der Waals surface area contributed by atoms with Gasteiger partial charge in [-0.2, -0.15) is 0 Å². The molecule has 1 aliphatic rings. The van der Waals surface area contributed by atoms with E-state index in [1.165, 1.54) is 0 Å². The Labute approximate surface area is 150 Å². The van der Waals surface area contributed by atoms with E-state index in [0.717, 1.165) is 10.0 Å². The molecular formula is C18H20BrNO4. The molecule has 1 heterocycles. The maximum Gasteiger partial charge on any atom is 0.336 e. The Morgan fingerprint density at radius 1 is 1.08 bits per heavy atom. The minimum atomic E-state index is -0.531. The molecule has 0 spiro atoms. The van der Waals surface area contributed by atoms with Gasteiger partial charge in [0.15, 0.2) is 0 Å². The highest BCUT2D eigenvalue weighted by atomic mass is 79.9. The van der Waals surface area contributed by atoms with Crippen LogP contribution in [0.4, 0.5) is 0 Å². The molecular weight excluding hydrogens is 374 g/mol. The van der Waals surface area contributed by atoms with Gasteiger partial charge in [0, 0.05) is 23.9 Å². The van der Waals surface area contributed by atoms with Crippen LogP contribution in [0.1, 0.15) is 25.3 Å². The molecule has 0 bridgehead atoms. The number of carbonyl (C=O) groups excluding carboxylic acids is 2. The molecule has 0 amide bonds. The summed E-state index contributed by atoms with van der Waals surface area (Å²) in [4.78, 5) is 26.5. The van der Waals surface area contributed by atoms with Crippen molar-refractivity contribution < 1.29 is 19.1 Å². The average Bonchev–Trinajstić information content (AvgIpc) is 2.54. The Hall–Kier alpha value is -2.08. The van der Waals surface area contributed by atoms with Gasteiger partial charge in [-0.15, -0.1) is 0 Å². The molecule has 0 saturated heterocycles. The lowest BCUT2D eigenvalue weighted by Gasteiger charge is -2.28. The summed E-state index contributed by atoms with van der Waals surface area (Å²) in [5.41, 5.74) is 1.63. The number of hydrogen-bond donors (Lipinski definition) is 0. The maximum atomic E-state index is 12.4. The predicted octanol–water partition coefficient (Wildman–Crippen LogP) is 3.37. The minimum Gasteiger partial charge on any atom is -0.463 e. The van der Waals surface area contributed by atoms with Crippen LogP contribution in [0.5, 0.6) is 0 Å². The van der Waals surface area contributed by atoms with Crippen LogP contribution in [0.25, 0.3) is 0 Å². The Bertz CT molecular complexity index is 660. The highest BCUT2D eigenvalue weighted by Crippen LogP contribution is 2.37. The van der Waals surface area contributed by atoms with Crippen LogP contribution < -0.4 is 0 Å². The maximum absolute atomic E-state index is 12.4. The molecule has 0 unspecified atom stereocenters. The first kappa shape index (κ1) is 18.3. The molecule has 0 radical (unpaired) electrons. The topological polar surface area (TPSA) is 55.8 Å². The summed E-state index contributed by atoms with van der Waals surface area (Å²) >= 11 is 3.43. The van der Waals surface area contributed by atoms with Gasteiger partial charge >= 0.3 is 11.9 Å². The summed E-state index contributed by atoms with van der Waals surface area (Å²) < 4.78 is 11.2. The normalized spacial score (nSPS) is 14.8. The second-order valence-electron chi connectivity index (χ2n) is 5.26. The molecule has 0 atom stereocenters. The lowest BCUT2D eigenvalue weighted by molar-refractivity contribution is -0.139. The van der Waals surface area contributed by atoms with Crippen molar-refractivity contribution >= 4 is 27.9 Å². The van der Waals surface area contributed by atoms with E-state index in [1.807, 2.05) is 24.3 Å². The number of hydrogen-bond acceptors (Lipinski definition) is 5. The Kier molecular flexibility index (Phi) is 6.20. The molecule has 0 aromatic heterocycles. The lowest BCUT2D eigenvalue weighted by Crippen LogP contribution is -2.28. The van der Waals surface area contributed by atoms with Crippen LogP contribution in [0, 0.1) is 0 Å². The largest absolute Gasteiger partial charge is 0.463 e. The summed E-state index contributed by atoms with van der Waals surface area (Å²) in [6, 6.07) is 7.51. The van der Waals surface area contributed by atoms with Crippen molar-refractivity contribution in [3.63, 3.8) is 0 Å². The first-order valence-corrected chi connectivity index (χ1v) is 8.52. The lowest BCUT2D eigenvalue weighted by atomic mass is 9.83. The van der Waals surface area contributed by atoms with E-state index in [9.17, 15) is 9.59 Å². The Morgan fingerprint density at radius 2 is 1.62 bits per heavy atom. The number of nitrogens with zero attached hydrogens (tertiary/aromatic N) is 1. The number of carbonyl (C=O) groups is 2. The SMILES string of the molecule is CCOC(=O)C1=CN(C)C=C(C(=O)OCC)C1c1cccc(Br)c1. The molecule has 128 valence electrons. The van der Waals surface area contributed by atoms with Crippen LogP contribution in [-0.4, -0.2) is 37.1 Å². The first-order chi connectivity index (χ1) is 11.5. The summed E-state index contributed by atoms with van der Waals surface area (Å²) in [5, 5.41) is 0. The molecule has 2 rings (SSSR count). The number of halogens is 1. The van der Waals surface area contributed by atoms with Crippen molar-refractivity contribution in [3.8, 4) is 0 Å². The summed E-state index contributed by atoms with van der Waals surface area (Å²) in [7, 11) is 1.76. The van der Waals surface area contributed by atoms with Crippen molar-refractivity contribution in [2.24, 2.45) is 0 Å². The quantitative estimate of drug-likeness (QED) is 0.717. The van der Waals surface area contributed by atoms with Gasteiger partial charge in [0.25, 0.3) is 0 Å². The van der Waals surface area contributed by atoms with Gasteiger partial charge in [0.2, 0.25) is 0 Å². The molecule has 0 saturated carbocycles. The molecule has 6 heteroatoms. The molecule has 1 aromatic rings. The van der Waals surface area contributed by atoms with E-state index in [1.54, 1.807) is 38.2 Å². The van der Waals surface area contributed by atoms with Crippen molar-refractivity contribution in [2.45, 2.75) is 19.8 Å². The number of ether oxygens (including phenoxy) is 2. The Balaban J connectivity index is 2.53. The molecule has 5 nitrogen and oxygen atoms in total. The van der Waals surface area contributed by atoms with Gasteiger partial charge in [-0.05, 0) is 31.5 Å². The Morgan fingerprint density at radius 3 is 2.08 bits per heavy atom. The number of esters is 2. The van der Waals surface area contributed by atoms with Gasteiger partial charge in [-0.1, -0.05) is 28.1 Å². The molecule has 0 fully saturated rings. The highest BCUT2D eigenvalue weighted by molar-refractivity contribution is 9.10. The van der Waals surface area contributed by atoms with Crippen molar-refractivity contribution in [1.29, 1.82) is 0 Å². The van der Waals surface area contributed by atoms with Crippen LogP contribution in [0.15, 0.2) is 52.3 Å². The molecule has 1 aliphatic heterocycles. The molecule has 24 heavy (non-hydrogen) atoms. The van der Waals surface area contributed by atoms with Crippen molar-refractivity contribution in [3.05, 3.63) is 57.8 Å². The molecule has 1 aromatic carbocycles. The monoisotopic (exact) mass is 393 g/mol. The van der Waals surface area contributed by atoms with E-state index in [2.05, 4.69) is 15.9 Å². The van der Waals surface area contributed by atoms with Gasteiger partial charge in [0.1, 0.15) is 0 Å². The second-order valence-corrected chi connectivity index (χ2v) is 6.18. The van der Waals surface area contributed by atoms with Gasteiger partial charge in [-0.25, -0.2) is 9.59 Å². The fourth-order valence-corrected chi connectivity index (χ4v) is 3.02. The van der Waals surface area contributed by atoms with Gasteiger partial charge in [0.05, 0.1) is 30.3 Å². The minimum absolute atomic E-state index is 0.267. The molecule has 0 N–H and O–H groups in total. The van der Waals surface area contributed by atoms with Gasteiger partial charge < -0.3 is 14.4 Å². The average molecular weight is 394 g/mol. The van der Waals surface area contributed by atoms with E-state index in [0.29, 0.717) is 11.1 Å². The first-order valence-electron chi connectivity index (χ1n) is 7.73. The summed E-state index contributed by atoms with van der Waals surface area (Å²) in [6.45, 7) is 4.04. The van der Waals surface area contributed by atoms with Crippen molar-refractivity contribution in [2.75, 3.05) is 20.3 Å².